The molecule has 0 bridgehead atoms. The smallest absolute Gasteiger partial charge is 0.315 e. The number of hydrogen-bond acceptors (Lipinski definition) is 7. The number of amides is 1. The number of benzene rings is 3. The minimum atomic E-state index is -4.20. The molecule has 3 rings (SSSR count). The molecule has 0 heterocycles. The van der Waals surface area contributed by atoms with E-state index in [2.05, 4.69) is 5.32 Å². The molecule has 3 aromatic rings. The summed E-state index contributed by atoms with van der Waals surface area (Å²) in [5.74, 6) is -2.56. The highest BCUT2D eigenvalue weighted by Crippen LogP contribution is 2.40. The van der Waals surface area contributed by atoms with Gasteiger partial charge in [-0.2, -0.15) is 0 Å². The number of phenols is 1. The van der Waals surface area contributed by atoms with Gasteiger partial charge in [0, 0.05) is 11.8 Å². The molecule has 35 heavy (non-hydrogen) atoms. The summed E-state index contributed by atoms with van der Waals surface area (Å²) >= 11 is 12.5. The van der Waals surface area contributed by atoms with Crippen molar-refractivity contribution < 1.29 is 37.0 Å². The van der Waals surface area contributed by atoms with E-state index in [0.29, 0.717) is 0 Å². The fraction of sp³-hybridized carbons (Fsp3) is 0.130. The van der Waals surface area contributed by atoms with Crippen LogP contribution < -0.4 is 10.1 Å². The third kappa shape index (κ3) is 6.41. The van der Waals surface area contributed by atoms with Crippen molar-refractivity contribution in [3.8, 4) is 17.2 Å². The average Bonchev–Trinajstić information content (AvgIpc) is 2.77. The number of hydrogen-bond donors (Lipinski definition) is 2. The zero-order valence-corrected chi connectivity index (χ0v) is 20.4. The predicted octanol–water partition coefficient (Wildman–Crippen LogP) is 5.35. The lowest BCUT2D eigenvalue weighted by Crippen LogP contribution is -2.18. The SMILES string of the molecule is CCOC(=O)CC(=O)Nc1cc(Cl)c(Oc2ccc(O)c(S(=O)(=O)c3ccc(F)cc3)c2)c(Cl)c1. The molecule has 0 saturated heterocycles. The number of anilines is 1. The van der Waals surface area contributed by atoms with E-state index in [4.69, 9.17) is 32.7 Å². The summed E-state index contributed by atoms with van der Waals surface area (Å²) in [5, 5.41) is 12.5. The van der Waals surface area contributed by atoms with Gasteiger partial charge in [-0.05, 0) is 55.5 Å². The van der Waals surface area contributed by atoms with Crippen LogP contribution >= 0.6 is 23.2 Å². The van der Waals surface area contributed by atoms with Gasteiger partial charge in [-0.15, -0.1) is 0 Å². The summed E-state index contributed by atoms with van der Waals surface area (Å²) in [5.41, 5.74) is 0.187. The molecule has 12 heteroatoms. The molecule has 0 unspecified atom stereocenters. The molecule has 0 spiro atoms. The molecule has 1 amide bonds. The number of carbonyl (C=O) groups is 2. The van der Waals surface area contributed by atoms with Crippen molar-refractivity contribution in [2.45, 2.75) is 23.1 Å². The van der Waals surface area contributed by atoms with E-state index in [1.807, 2.05) is 0 Å². The second kappa shape index (κ2) is 10.9. The largest absolute Gasteiger partial charge is 0.507 e. The quantitative estimate of drug-likeness (QED) is 0.224. The van der Waals surface area contributed by atoms with Gasteiger partial charge < -0.3 is 19.9 Å². The van der Waals surface area contributed by atoms with Gasteiger partial charge in [0.15, 0.2) is 5.75 Å². The Morgan fingerprint density at radius 2 is 1.66 bits per heavy atom. The summed E-state index contributed by atoms with van der Waals surface area (Å²) in [7, 11) is -4.20. The molecule has 3 aromatic carbocycles. The van der Waals surface area contributed by atoms with Crippen molar-refractivity contribution in [1.29, 1.82) is 0 Å². The normalized spacial score (nSPS) is 11.1. The van der Waals surface area contributed by atoms with Gasteiger partial charge in [0.25, 0.3) is 0 Å². The highest BCUT2D eigenvalue weighted by molar-refractivity contribution is 7.91. The van der Waals surface area contributed by atoms with Crippen LogP contribution in [-0.4, -0.2) is 32.0 Å². The van der Waals surface area contributed by atoms with E-state index >= 15 is 0 Å². The fourth-order valence-electron chi connectivity index (χ4n) is 2.91. The fourth-order valence-corrected chi connectivity index (χ4v) is 4.84. The van der Waals surface area contributed by atoms with E-state index < -0.39 is 44.6 Å². The molecule has 184 valence electrons. The van der Waals surface area contributed by atoms with Crippen molar-refractivity contribution in [2.75, 3.05) is 11.9 Å². The molecule has 2 N–H and O–H groups in total. The summed E-state index contributed by atoms with van der Waals surface area (Å²) in [6, 6.07) is 10.2. The van der Waals surface area contributed by atoms with Crippen LogP contribution in [0.15, 0.2) is 64.4 Å². The van der Waals surface area contributed by atoms with E-state index in [1.165, 1.54) is 18.2 Å². The lowest BCUT2D eigenvalue weighted by molar-refractivity contribution is -0.145. The van der Waals surface area contributed by atoms with Crippen molar-refractivity contribution in [3.05, 3.63) is 70.5 Å². The maximum absolute atomic E-state index is 13.2. The maximum Gasteiger partial charge on any atom is 0.315 e. The van der Waals surface area contributed by atoms with Gasteiger partial charge in [-0.1, -0.05) is 23.2 Å². The van der Waals surface area contributed by atoms with Crippen LogP contribution in [0.1, 0.15) is 13.3 Å². The second-order valence-electron chi connectivity index (χ2n) is 6.99. The number of halogens is 3. The molecular formula is C23H18Cl2FNO7S. The van der Waals surface area contributed by atoms with Crippen molar-refractivity contribution in [2.24, 2.45) is 0 Å². The maximum atomic E-state index is 13.2. The highest BCUT2D eigenvalue weighted by atomic mass is 35.5. The first-order valence-electron chi connectivity index (χ1n) is 9.97. The summed E-state index contributed by atoms with van der Waals surface area (Å²) < 4.78 is 49.4. The molecule has 0 aliphatic carbocycles. The van der Waals surface area contributed by atoms with E-state index in [-0.39, 0.29) is 38.7 Å². The first-order chi connectivity index (χ1) is 16.5. The molecule has 0 aromatic heterocycles. The summed E-state index contributed by atoms with van der Waals surface area (Å²) in [6.07, 6.45) is -0.500. The number of carbonyl (C=O) groups excluding carboxylic acids is 2. The third-order valence-electron chi connectivity index (χ3n) is 4.46. The molecule has 8 nitrogen and oxygen atoms in total. The van der Waals surface area contributed by atoms with Gasteiger partial charge >= 0.3 is 5.97 Å². The molecule has 0 aliphatic heterocycles. The van der Waals surface area contributed by atoms with Gasteiger partial charge in [0.2, 0.25) is 15.7 Å². The lowest BCUT2D eigenvalue weighted by atomic mass is 10.2. The van der Waals surface area contributed by atoms with Gasteiger partial charge in [0.05, 0.1) is 21.5 Å². The van der Waals surface area contributed by atoms with Crippen LogP contribution in [0.25, 0.3) is 0 Å². The number of ether oxygens (including phenoxy) is 2. The Kier molecular flexibility index (Phi) is 8.21. The summed E-state index contributed by atoms with van der Waals surface area (Å²) in [6.45, 7) is 1.75. The molecule has 0 aliphatic rings. The first-order valence-corrected chi connectivity index (χ1v) is 12.2. The van der Waals surface area contributed by atoms with Crippen molar-refractivity contribution in [1.82, 2.24) is 0 Å². The van der Waals surface area contributed by atoms with E-state index in [9.17, 15) is 27.5 Å². The number of nitrogens with one attached hydrogen (secondary N) is 1. The van der Waals surface area contributed by atoms with Gasteiger partial charge in [0.1, 0.15) is 28.6 Å². The van der Waals surface area contributed by atoms with Crippen molar-refractivity contribution in [3.63, 3.8) is 0 Å². The van der Waals surface area contributed by atoms with Crippen LogP contribution in [0.2, 0.25) is 10.0 Å². The lowest BCUT2D eigenvalue weighted by Gasteiger charge is -2.14. The summed E-state index contributed by atoms with van der Waals surface area (Å²) in [4.78, 5) is 22.7. The standard InChI is InChI=1S/C23H18Cl2FNO7S/c1-2-33-22(30)12-21(29)27-14-9-17(24)23(18(25)10-14)34-15-5-8-19(28)20(11-15)35(31,32)16-6-3-13(26)4-7-16/h3-11,28H,2,12H2,1H3,(H,27,29). The van der Waals surface area contributed by atoms with Crippen LogP contribution in [0.5, 0.6) is 17.2 Å². The molecule has 0 saturated carbocycles. The van der Waals surface area contributed by atoms with Crippen LogP contribution in [0, 0.1) is 5.82 Å². The van der Waals surface area contributed by atoms with Crippen molar-refractivity contribution >= 4 is 50.6 Å². The minimum absolute atomic E-state index is 0.0219. The molecular weight excluding hydrogens is 524 g/mol. The topological polar surface area (TPSA) is 119 Å². The average molecular weight is 542 g/mol. The van der Waals surface area contributed by atoms with E-state index in [1.54, 1.807) is 6.92 Å². The Labute approximate surface area is 210 Å². The molecule has 0 fully saturated rings. The number of esters is 1. The van der Waals surface area contributed by atoms with Crippen LogP contribution in [-0.2, 0) is 24.2 Å². The molecule has 0 atom stereocenters. The second-order valence-corrected chi connectivity index (χ2v) is 9.72. The van der Waals surface area contributed by atoms with Crippen LogP contribution in [0.3, 0.4) is 0 Å². The predicted molar refractivity (Wildman–Crippen MR) is 126 cm³/mol. The van der Waals surface area contributed by atoms with Gasteiger partial charge in [-0.3, -0.25) is 9.59 Å². The number of sulfone groups is 1. The number of phenolic OH excluding ortho intramolecular Hbond substituents is 1. The molecule has 0 radical (unpaired) electrons. The van der Waals surface area contributed by atoms with Crippen LogP contribution in [0.4, 0.5) is 10.1 Å². The van der Waals surface area contributed by atoms with Gasteiger partial charge in [-0.25, -0.2) is 12.8 Å². The Bertz CT molecular complexity index is 1360. The Hall–Kier alpha value is -3.34. The Morgan fingerprint density at radius 3 is 2.26 bits per heavy atom. The van der Waals surface area contributed by atoms with E-state index in [0.717, 1.165) is 36.4 Å². The minimum Gasteiger partial charge on any atom is -0.507 e. The first kappa shape index (κ1) is 26.3. The Morgan fingerprint density at radius 1 is 1.03 bits per heavy atom. The number of aromatic hydroxyl groups is 1. The zero-order chi connectivity index (χ0) is 25.8. The monoisotopic (exact) mass is 541 g/mol. The number of rotatable bonds is 8. The Balaban J connectivity index is 1.85. The zero-order valence-electron chi connectivity index (χ0n) is 18.0. The highest BCUT2D eigenvalue weighted by Gasteiger charge is 2.23. The third-order valence-corrected chi connectivity index (χ3v) is 6.82.